The Bertz CT molecular complexity index is 804. The van der Waals surface area contributed by atoms with Gasteiger partial charge in [-0.15, -0.1) is 0 Å². The lowest BCUT2D eigenvalue weighted by atomic mass is 9.83. The largest absolute Gasteiger partial charge is 0.489 e. The second-order valence-electron chi connectivity index (χ2n) is 8.71. The van der Waals surface area contributed by atoms with E-state index in [1.54, 1.807) is 18.6 Å². The number of ether oxygens (including phenoxy) is 1. The average molecular weight is 409 g/mol. The van der Waals surface area contributed by atoms with E-state index in [4.69, 9.17) is 4.74 Å². The van der Waals surface area contributed by atoms with Gasteiger partial charge < -0.3 is 9.53 Å². The van der Waals surface area contributed by atoms with E-state index in [-0.39, 0.29) is 12.0 Å². The highest BCUT2D eigenvalue weighted by atomic mass is 16.5. The molecule has 2 fully saturated rings. The Morgan fingerprint density at radius 1 is 1.07 bits per heavy atom. The molecule has 2 heterocycles. The zero-order valence-corrected chi connectivity index (χ0v) is 18.0. The number of rotatable bonds is 6. The lowest BCUT2D eigenvalue weighted by molar-refractivity contribution is -0.114. The molecule has 1 aromatic heterocycles. The van der Waals surface area contributed by atoms with E-state index < -0.39 is 0 Å². The predicted octanol–water partition coefficient (Wildman–Crippen LogP) is 3.28. The highest BCUT2D eigenvalue weighted by Crippen LogP contribution is 2.31. The van der Waals surface area contributed by atoms with Gasteiger partial charge in [0.05, 0.1) is 11.9 Å². The third-order valence-corrected chi connectivity index (χ3v) is 6.54. The summed E-state index contributed by atoms with van der Waals surface area (Å²) >= 11 is 0. The zero-order chi connectivity index (χ0) is 20.9. The molecule has 0 bridgehead atoms. The molecule has 3 unspecified atom stereocenters. The number of hydrogen-bond acceptors (Lipinski definition) is 6. The molecule has 1 aliphatic carbocycles. The van der Waals surface area contributed by atoms with E-state index in [0.29, 0.717) is 12.1 Å². The van der Waals surface area contributed by atoms with Crippen LogP contribution in [0, 0.1) is 5.92 Å². The minimum absolute atomic E-state index is 0.120. The predicted molar refractivity (Wildman–Crippen MR) is 117 cm³/mol. The average Bonchev–Trinajstić information content (AvgIpc) is 2.80. The molecule has 1 saturated heterocycles. The Kier molecular flexibility index (Phi) is 6.75. The summed E-state index contributed by atoms with van der Waals surface area (Å²) in [6.07, 6.45) is 9.14. The molecule has 30 heavy (non-hydrogen) atoms. The van der Waals surface area contributed by atoms with Gasteiger partial charge >= 0.3 is 0 Å². The molecule has 0 spiro atoms. The first-order chi connectivity index (χ1) is 14.6. The number of carbonyl (C=O) groups excluding carboxylic acids is 1. The summed E-state index contributed by atoms with van der Waals surface area (Å²) in [6.45, 7) is 8.77. The summed E-state index contributed by atoms with van der Waals surface area (Å²) in [5, 5.41) is 0. The van der Waals surface area contributed by atoms with Crippen LogP contribution in [0.15, 0.2) is 42.9 Å². The van der Waals surface area contributed by atoms with Crippen molar-refractivity contribution in [3.8, 4) is 17.0 Å². The maximum absolute atomic E-state index is 11.5. The van der Waals surface area contributed by atoms with Crippen molar-refractivity contribution in [2.45, 2.75) is 51.3 Å². The molecule has 2 aromatic rings. The first-order valence-corrected chi connectivity index (χ1v) is 11.1. The van der Waals surface area contributed by atoms with E-state index in [1.165, 1.54) is 0 Å². The standard InChI is InChI=1S/C24H32N4O2/c1-18(2)27-11-13-28(14-12-27)23-15-19(17-29)3-8-24(23)30-21-6-4-20(5-7-21)22-16-25-9-10-26-22/h4-7,9-10,16-19,23-24H,3,8,11-15H2,1-2H3. The molecule has 6 nitrogen and oxygen atoms in total. The maximum Gasteiger partial charge on any atom is 0.123 e. The molecule has 0 N–H and O–H groups in total. The topological polar surface area (TPSA) is 58.6 Å². The highest BCUT2D eigenvalue weighted by molar-refractivity contribution is 5.58. The van der Waals surface area contributed by atoms with Crippen LogP contribution < -0.4 is 4.74 Å². The Balaban J connectivity index is 1.44. The van der Waals surface area contributed by atoms with E-state index in [1.807, 2.05) is 24.3 Å². The molecule has 0 radical (unpaired) electrons. The smallest absolute Gasteiger partial charge is 0.123 e. The molecule has 1 aromatic carbocycles. The van der Waals surface area contributed by atoms with Gasteiger partial charge in [0.1, 0.15) is 18.1 Å². The fourth-order valence-electron chi connectivity index (χ4n) is 4.71. The van der Waals surface area contributed by atoms with Crippen LogP contribution in [-0.2, 0) is 4.79 Å². The molecule has 0 amide bonds. The summed E-state index contributed by atoms with van der Waals surface area (Å²) in [7, 11) is 0. The number of nitrogens with zero attached hydrogens (tertiary/aromatic N) is 4. The van der Waals surface area contributed by atoms with Gasteiger partial charge in [-0.25, -0.2) is 0 Å². The van der Waals surface area contributed by atoms with Crippen LogP contribution >= 0.6 is 0 Å². The van der Waals surface area contributed by atoms with Crippen molar-refractivity contribution in [2.24, 2.45) is 5.92 Å². The Morgan fingerprint density at radius 3 is 2.47 bits per heavy atom. The number of benzene rings is 1. The Morgan fingerprint density at radius 2 is 1.83 bits per heavy atom. The summed E-state index contributed by atoms with van der Waals surface area (Å²) in [6, 6.07) is 8.98. The van der Waals surface area contributed by atoms with Crippen molar-refractivity contribution in [3.05, 3.63) is 42.9 Å². The third kappa shape index (κ3) is 4.87. The minimum atomic E-state index is 0.120. The van der Waals surface area contributed by atoms with Crippen LogP contribution in [0.3, 0.4) is 0 Å². The zero-order valence-electron chi connectivity index (χ0n) is 18.0. The fraction of sp³-hybridized carbons (Fsp3) is 0.542. The van der Waals surface area contributed by atoms with Crippen molar-refractivity contribution >= 4 is 6.29 Å². The number of hydrogen-bond donors (Lipinski definition) is 0. The van der Waals surface area contributed by atoms with Gasteiger partial charge in [0.2, 0.25) is 0 Å². The molecule has 160 valence electrons. The fourth-order valence-corrected chi connectivity index (χ4v) is 4.71. The summed E-state index contributed by atoms with van der Waals surface area (Å²) in [4.78, 5) is 25.1. The van der Waals surface area contributed by atoms with Crippen LogP contribution in [0.4, 0.5) is 0 Å². The molecule has 4 rings (SSSR count). The van der Waals surface area contributed by atoms with Crippen LogP contribution in [0.1, 0.15) is 33.1 Å². The normalized spacial score (nSPS) is 25.9. The SMILES string of the molecule is CC(C)N1CCN(C2CC(C=O)CCC2Oc2ccc(-c3cnccn3)cc2)CC1. The summed E-state index contributed by atoms with van der Waals surface area (Å²) in [5.41, 5.74) is 1.89. The van der Waals surface area contributed by atoms with Crippen LogP contribution in [0.5, 0.6) is 5.75 Å². The van der Waals surface area contributed by atoms with Gasteiger partial charge in [-0.05, 0) is 57.4 Å². The molecule has 3 atom stereocenters. The van der Waals surface area contributed by atoms with Crippen molar-refractivity contribution in [1.82, 2.24) is 19.8 Å². The van der Waals surface area contributed by atoms with Gasteiger partial charge in [0, 0.05) is 62.1 Å². The van der Waals surface area contributed by atoms with Gasteiger partial charge in [-0.2, -0.15) is 0 Å². The quantitative estimate of drug-likeness (QED) is 0.684. The van der Waals surface area contributed by atoms with Gasteiger partial charge in [0.15, 0.2) is 0 Å². The Hall–Kier alpha value is -2.31. The van der Waals surface area contributed by atoms with Gasteiger partial charge in [-0.3, -0.25) is 19.8 Å². The molecule has 1 aliphatic heterocycles. The molecule has 2 aliphatic rings. The third-order valence-electron chi connectivity index (χ3n) is 6.54. The first kappa shape index (κ1) is 20.9. The monoisotopic (exact) mass is 408 g/mol. The van der Waals surface area contributed by atoms with Crippen molar-refractivity contribution in [2.75, 3.05) is 26.2 Å². The van der Waals surface area contributed by atoms with E-state index in [2.05, 4.69) is 33.6 Å². The first-order valence-electron chi connectivity index (χ1n) is 11.1. The number of aldehydes is 1. The Labute approximate surface area is 179 Å². The van der Waals surface area contributed by atoms with E-state index in [9.17, 15) is 4.79 Å². The number of carbonyl (C=O) groups is 1. The molecular weight excluding hydrogens is 376 g/mol. The highest BCUT2D eigenvalue weighted by Gasteiger charge is 2.37. The lowest BCUT2D eigenvalue weighted by Crippen LogP contribution is -2.57. The van der Waals surface area contributed by atoms with Crippen LogP contribution in [-0.4, -0.2) is 70.4 Å². The minimum Gasteiger partial charge on any atom is -0.489 e. The molecule has 1 saturated carbocycles. The number of piperazine rings is 1. The summed E-state index contributed by atoms with van der Waals surface area (Å²) in [5.74, 6) is 1.03. The van der Waals surface area contributed by atoms with E-state index >= 15 is 0 Å². The second-order valence-corrected chi connectivity index (χ2v) is 8.71. The molecular formula is C24H32N4O2. The van der Waals surface area contributed by atoms with Crippen molar-refractivity contribution < 1.29 is 9.53 Å². The number of aromatic nitrogens is 2. The van der Waals surface area contributed by atoms with E-state index in [0.717, 1.165) is 68.7 Å². The van der Waals surface area contributed by atoms with Gasteiger partial charge in [0.25, 0.3) is 0 Å². The lowest BCUT2D eigenvalue weighted by Gasteiger charge is -2.45. The van der Waals surface area contributed by atoms with Crippen LogP contribution in [0.25, 0.3) is 11.3 Å². The maximum atomic E-state index is 11.5. The van der Waals surface area contributed by atoms with Crippen molar-refractivity contribution in [3.63, 3.8) is 0 Å². The van der Waals surface area contributed by atoms with Gasteiger partial charge in [-0.1, -0.05) is 0 Å². The second kappa shape index (κ2) is 9.67. The summed E-state index contributed by atoms with van der Waals surface area (Å²) < 4.78 is 6.47. The van der Waals surface area contributed by atoms with Crippen LogP contribution in [0.2, 0.25) is 0 Å². The molecule has 6 heteroatoms. The van der Waals surface area contributed by atoms with Crippen molar-refractivity contribution in [1.29, 1.82) is 0 Å².